The van der Waals surface area contributed by atoms with Gasteiger partial charge in [-0.15, -0.1) is 0 Å². The number of anilines is 6. The van der Waals surface area contributed by atoms with E-state index in [9.17, 15) is 74.7 Å². The number of nitrogens with zero attached hydrogens (tertiary/aromatic N) is 6. The molecule has 0 radical (unpaired) electrons. The second-order valence-electron chi connectivity index (χ2n) is 20.3. The second-order valence-corrected chi connectivity index (χ2v) is 20.3. The van der Waals surface area contributed by atoms with E-state index >= 15 is 0 Å². The van der Waals surface area contributed by atoms with E-state index < -0.39 is 127 Å². The molecule has 0 spiro atoms. The van der Waals surface area contributed by atoms with Crippen LogP contribution < -0.4 is 48.6 Å². The summed E-state index contributed by atoms with van der Waals surface area (Å²) in [5.74, 6) is 1.15. The van der Waals surface area contributed by atoms with Gasteiger partial charge < -0.3 is 73.9 Å². The fraction of sp³-hybridized carbons (Fsp3) is 0.438. The van der Waals surface area contributed by atoms with Crippen molar-refractivity contribution in [3.8, 4) is 0 Å². The van der Waals surface area contributed by atoms with Crippen molar-refractivity contribution in [1.82, 2.24) is 28.7 Å². The smallest absolute Gasteiger partial charge is 0.326 e. The number of amides is 6. The molecule has 0 bridgehead atoms. The quantitative estimate of drug-likeness (QED) is 0.0950. The Labute approximate surface area is 437 Å². The molecule has 78 heavy (non-hydrogen) atoms. The number of aryl methyl sites for hydroxylation is 3. The number of carbonyl (C=O) groups is 3. The van der Waals surface area contributed by atoms with Crippen LogP contribution in [0.4, 0.5) is 49.3 Å². The number of rotatable bonds is 6. The van der Waals surface area contributed by atoms with Gasteiger partial charge in [0.15, 0.2) is 18.7 Å². The third-order valence-corrected chi connectivity index (χ3v) is 14.7. The second kappa shape index (κ2) is 19.1. The van der Waals surface area contributed by atoms with Gasteiger partial charge in [0.05, 0.1) is 36.0 Å². The average Bonchev–Trinajstić information content (AvgIpc) is 4.34. The summed E-state index contributed by atoms with van der Waals surface area (Å²) in [5.41, 5.74) is -4.77. The normalized spacial score (nSPS) is 30.3. The van der Waals surface area contributed by atoms with Crippen LogP contribution in [0.1, 0.15) is 56.1 Å². The van der Waals surface area contributed by atoms with Gasteiger partial charge in [0, 0.05) is 52.9 Å². The number of ether oxygens (including phenoxy) is 3. The van der Waals surface area contributed by atoms with Crippen molar-refractivity contribution >= 4 is 85.3 Å². The summed E-state index contributed by atoms with van der Waals surface area (Å²) >= 11 is 0. The maximum atomic E-state index is 12.0. The highest BCUT2D eigenvalue weighted by atomic mass is 16.6. The number of aromatic nitrogens is 6. The molecule has 414 valence electrons. The lowest BCUT2D eigenvalue weighted by molar-refractivity contribution is -0.0954. The van der Waals surface area contributed by atoms with Gasteiger partial charge in [-0.05, 0) is 58.2 Å². The maximum absolute atomic E-state index is 12.0. The van der Waals surface area contributed by atoms with Crippen LogP contribution >= 0.6 is 0 Å². The summed E-state index contributed by atoms with van der Waals surface area (Å²) in [6, 6.07) is 2.26. The summed E-state index contributed by atoms with van der Waals surface area (Å²) in [6.45, 7) is 7.93. The highest BCUT2D eigenvalue weighted by molar-refractivity contribution is 6.18. The maximum Gasteiger partial charge on any atom is 0.326 e. The first-order chi connectivity index (χ1) is 36.7. The van der Waals surface area contributed by atoms with Crippen LogP contribution in [-0.4, -0.2) is 166 Å². The van der Waals surface area contributed by atoms with Crippen molar-refractivity contribution in [3.05, 3.63) is 84.5 Å². The lowest BCUT2D eigenvalue weighted by Crippen LogP contribution is -2.44. The summed E-state index contributed by atoms with van der Waals surface area (Å²) < 4.78 is 21.4. The third kappa shape index (κ3) is 8.57. The summed E-state index contributed by atoms with van der Waals surface area (Å²) in [6.07, 6.45) is -5.27. The van der Waals surface area contributed by atoms with E-state index in [1.807, 2.05) is 0 Å². The molecule has 30 nitrogen and oxygen atoms in total. The summed E-state index contributed by atoms with van der Waals surface area (Å²) in [4.78, 5) is 83.3. The Morgan fingerprint density at radius 1 is 0.462 bits per heavy atom. The Kier molecular flexibility index (Phi) is 13.2. The van der Waals surface area contributed by atoms with E-state index in [1.54, 1.807) is 39.4 Å². The lowest BCUT2D eigenvalue weighted by atomic mass is 9.96. The van der Waals surface area contributed by atoms with Gasteiger partial charge in [-0.25, -0.2) is 14.4 Å². The highest BCUT2D eigenvalue weighted by Crippen LogP contribution is 2.47. The Bertz CT molecular complexity index is 3330. The molecule has 6 aromatic heterocycles. The molecule has 12 heterocycles. The van der Waals surface area contributed by atoms with Crippen molar-refractivity contribution in [3.63, 3.8) is 0 Å². The predicted molar refractivity (Wildman–Crippen MR) is 273 cm³/mol. The van der Waals surface area contributed by atoms with Crippen LogP contribution in [0.25, 0.3) is 32.3 Å². The Balaban J connectivity index is 0.000000132. The van der Waals surface area contributed by atoms with E-state index in [2.05, 4.69) is 46.9 Å². The van der Waals surface area contributed by atoms with Crippen LogP contribution in [0.2, 0.25) is 0 Å². The zero-order valence-electron chi connectivity index (χ0n) is 42.2. The van der Waals surface area contributed by atoms with Gasteiger partial charge in [0.2, 0.25) is 0 Å². The number of carbonyl (C=O) groups excluding carboxylic acids is 3. The van der Waals surface area contributed by atoms with Crippen molar-refractivity contribution in [2.75, 3.05) is 51.7 Å². The van der Waals surface area contributed by atoms with E-state index in [1.165, 1.54) is 52.7 Å². The number of aliphatic hydroxyl groups is 9. The van der Waals surface area contributed by atoms with Gasteiger partial charge in [0.1, 0.15) is 88.3 Å². The molecule has 12 atom stereocenters. The largest absolute Gasteiger partial charge is 0.394 e. The first kappa shape index (κ1) is 53.8. The van der Waals surface area contributed by atoms with Crippen LogP contribution in [0.5, 0.6) is 0 Å². The zero-order chi connectivity index (χ0) is 56.4. The van der Waals surface area contributed by atoms with E-state index in [4.69, 9.17) is 14.2 Å². The monoisotopic (exact) mass is 1090 g/mol. The molecule has 6 amide bonds. The van der Waals surface area contributed by atoms with Crippen molar-refractivity contribution in [1.29, 1.82) is 0 Å². The molecule has 3 fully saturated rings. The van der Waals surface area contributed by atoms with Crippen LogP contribution in [0.3, 0.4) is 0 Å². The molecule has 30 heteroatoms. The van der Waals surface area contributed by atoms with Crippen molar-refractivity contribution in [2.24, 2.45) is 0 Å². The summed E-state index contributed by atoms with van der Waals surface area (Å²) in [5, 5.41) is 110. The van der Waals surface area contributed by atoms with Gasteiger partial charge >= 0.3 is 18.1 Å². The molecule has 3 saturated heterocycles. The molecule has 6 aliphatic rings. The number of hydrogen-bond acceptors (Lipinski definition) is 21. The van der Waals surface area contributed by atoms with Crippen molar-refractivity contribution in [2.45, 2.75) is 114 Å². The van der Waals surface area contributed by atoms with E-state index in [-0.39, 0.29) is 34.9 Å². The third-order valence-electron chi connectivity index (χ3n) is 14.7. The van der Waals surface area contributed by atoms with Gasteiger partial charge in [-0.1, -0.05) is 0 Å². The number of urea groups is 3. The van der Waals surface area contributed by atoms with Crippen LogP contribution in [-0.2, 0) is 14.2 Å². The number of nitrogens with one attached hydrogen (secondary N) is 6. The molecule has 6 aliphatic heterocycles. The van der Waals surface area contributed by atoms with E-state index in [0.717, 1.165) is 0 Å². The van der Waals surface area contributed by atoms with Gasteiger partial charge in [-0.2, -0.15) is 15.0 Å². The van der Waals surface area contributed by atoms with Crippen LogP contribution in [0, 0.1) is 20.8 Å². The minimum atomic E-state index is -1.72. The standard InChI is InChI=1S/3C16H18N4O6/c3*1-6-3-9(22)17-12-10-7(6)4-20(13(10)19-15(24)18-12)14-16(2,25)11(23)8(5-21)26-14/h3*3-4,8,11,14,21,23,25H,5H2,1-2H3,(H2,17,18,19,22,24)/t3*8-,11-,14?,16+/m111/s1. The van der Waals surface area contributed by atoms with E-state index in [0.29, 0.717) is 49.0 Å². The fourth-order valence-corrected chi connectivity index (χ4v) is 10.7. The number of aliphatic hydroxyl groups excluding tert-OH is 6. The molecule has 0 saturated carbocycles. The molecule has 0 aliphatic carbocycles. The minimum Gasteiger partial charge on any atom is -0.394 e. The molecule has 6 aromatic rings. The molecular formula is C48H54N12O18. The molecule has 3 unspecified atom stereocenters. The first-order valence-corrected chi connectivity index (χ1v) is 24.1. The Hall–Kier alpha value is -7.59. The summed E-state index contributed by atoms with van der Waals surface area (Å²) in [7, 11) is 0. The molecule has 15 N–H and O–H groups in total. The molecular weight excluding hydrogens is 1030 g/mol. The molecule has 12 rings (SSSR count). The topological polar surface area (TPSA) is 438 Å². The fourth-order valence-electron chi connectivity index (χ4n) is 10.7. The van der Waals surface area contributed by atoms with Gasteiger partial charge in [-0.3, -0.25) is 46.3 Å². The first-order valence-electron chi connectivity index (χ1n) is 24.1. The SMILES string of the molecule is Cc1cc(=O)nc2c3c(n(C4O[C@H](CO)[C@@H](O)[C@]4(C)O)cc13)NC(=O)N2.Cc1cc(=O)nc2c3c(n(C4O[C@H](CO)[C@@H](O)[C@]4(C)O)cc13)NC(=O)N2.Cc1cc(=O)nc2c3c(n(C4O[C@H](CO)[C@@H](O)[C@]4(C)O)cc13)NC(=O)N2. The molecule has 0 aromatic carbocycles. The average molecular weight is 1090 g/mol. The number of hydrogen-bond donors (Lipinski definition) is 15. The Morgan fingerprint density at radius 2 is 0.705 bits per heavy atom. The lowest BCUT2D eigenvalue weighted by Gasteiger charge is -2.29. The highest BCUT2D eigenvalue weighted by Gasteiger charge is 2.56. The predicted octanol–water partition coefficient (Wildman–Crippen LogP) is -1.01. The van der Waals surface area contributed by atoms with Crippen molar-refractivity contribution < 1.29 is 74.6 Å². The minimum absolute atomic E-state index is 0.104. The van der Waals surface area contributed by atoms with Crippen LogP contribution in [0.15, 0.2) is 51.2 Å². The zero-order valence-corrected chi connectivity index (χ0v) is 42.2. The van der Waals surface area contributed by atoms with Gasteiger partial charge in [0.25, 0.3) is 16.7 Å². The Morgan fingerprint density at radius 3 is 0.923 bits per heavy atom.